The molecule has 1 atom stereocenters. The fourth-order valence-corrected chi connectivity index (χ4v) is 9.55. The van der Waals surface area contributed by atoms with Crippen LogP contribution < -0.4 is 8.70 Å². The molecule has 0 saturated heterocycles. The van der Waals surface area contributed by atoms with E-state index in [1.165, 1.54) is 0 Å². The van der Waals surface area contributed by atoms with Gasteiger partial charge in [-0.1, -0.05) is 0 Å². The van der Waals surface area contributed by atoms with Crippen molar-refractivity contribution >= 4 is 35.4 Å². The number of halogens is 13. The van der Waals surface area contributed by atoms with Gasteiger partial charge in [-0.05, 0) is 0 Å². The van der Waals surface area contributed by atoms with E-state index in [2.05, 4.69) is 13.9 Å². The number of alkyl halides is 12. The summed E-state index contributed by atoms with van der Waals surface area (Å²) >= 11 is -1.65. The first kappa shape index (κ1) is 24.9. The Balaban J connectivity index is 2.85. The van der Waals surface area contributed by atoms with E-state index >= 15 is 0 Å². The van der Waals surface area contributed by atoms with Crippen LogP contribution in [-0.2, 0) is 24.7 Å². The average molecular weight is 581 g/mol. The third-order valence-electron chi connectivity index (χ3n) is 3.68. The molecule has 0 bridgehead atoms. The van der Waals surface area contributed by atoms with E-state index in [1.54, 1.807) is 0 Å². The second kappa shape index (κ2) is 7.96. The molecule has 0 aromatic heterocycles. The fraction of sp³-hybridized carbons (Fsp3) is 0.250. The van der Waals surface area contributed by atoms with Gasteiger partial charge in [0.05, 0.1) is 0 Å². The molecule has 166 valence electrons. The summed E-state index contributed by atoms with van der Waals surface area (Å²) in [7, 11) is 0. The van der Waals surface area contributed by atoms with Gasteiger partial charge in [-0.3, -0.25) is 0 Å². The molecule has 0 nitrogen and oxygen atoms in total. The molecule has 0 fully saturated rings. The van der Waals surface area contributed by atoms with Gasteiger partial charge in [0, 0.05) is 0 Å². The quantitative estimate of drug-likeness (QED) is 0.290. The van der Waals surface area contributed by atoms with Crippen LogP contribution in [0.1, 0.15) is 22.3 Å². The van der Waals surface area contributed by atoms with Crippen LogP contribution in [0.3, 0.4) is 0 Å². The Kier molecular flexibility index (Phi) is 6.61. The molecule has 2 aromatic rings. The summed E-state index contributed by atoms with van der Waals surface area (Å²) in [6.07, 6.45) is -21.4. The SMILES string of the molecule is FC(F)(F)c1ccc([As](Br)c2c(C(F)(F)F)cccc2C(F)(F)F)c(C(F)(F)F)c1. The molecule has 2 rings (SSSR count). The van der Waals surface area contributed by atoms with E-state index in [9.17, 15) is 52.7 Å². The van der Waals surface area contributed by atoms with Crippen molar-refractivity contribution < 1.29 is 52.7 Å². The average Bonchev–Trinajstić information content (AvgIpc) is 2.56. The van der Waals surface area contributed by atoms with Crippen LogP contribution in [0.5, 0.6) is 0 Å². The molecule has 0 aliphatic carbocycles. The summed E-state index contributed by atoms with van der Waals surface area (Å²) in [5.41, 5.74) is -7.34. The third kappa shape index (κ3) is 5.27. The van der Waals surface area contributed by atoms with Gasteiger partial charge < -0.3 is 0 Å². The third-order valence-corrected chi connectivity index (χ3v) is 11.1. The second-order valence-electron chi connectivity index (χ2n) is 5.71. The molecule has 14 heteroatoms. The van der Waals surface area contributed by atoms with Gasteiger partial charge in [0.25, 0.3) is 0 Å². The predicted molar refractivity (Wildman–Crippen MR) is 86.8 cm³/mol. The molecule has 1 unspecified atom stereocenters. The Morgan fingerprint density at radius 3 is 1.37 bits per heavy atom. The topological polar surface area (TPSA) is 0 Å². The summed E-state index contributed by atoms with van der Waals surface area (Å²) in [5, 5.41) is 0. The fourth-order valence-electron chi connectivity index (χ4n) is 2.44. The summed E-state index contributed by atoms with van der Waals surface area (Å²) in [5.74, 6) is 0. The Morgan fingerprint density at radius 2 is 1.00 bits per heavy atom. The molecule has 0 saturated carbocycles. The first-order chi connectivity index (χ1) is 13.3. The number of benzene rings is 2. The molecule has 30 heavy (non-hydrogen) atoms. The van der Waals surface area contributed by atoms with Crippen molar-refractivity contribution in [3.05, 3.63) is 58.7 Å². The van der Waals surface area contributed by atoms with Crippen molar-refractivity contribution in [3.63, 3.8) is 0 Å². The Bertz CT molecular complexity index is 892. The zero-order valence-electron chi connectivity index (χ0n) is 13.8. The Labute approximate surface area is 171 Å². The predicted octanol–water partition coefficient (Wildman–Crippen LogP) is 6.26. The van der Waals surface area contributed by atoms with Crippen LogP contribution in [0.2, 0.25) is 0 Å². The molecule has 2 aromatic carbocycles. The molecule has 0 radical (unpaired) electrons. The maximum absolute atomic E-state index is 13.4. The van der Waals surface area contributed by atoms with Crippen LogP contribution >= 0.6 is 13.9 Å². The minimum atomic E-state index is -5.46. The first-order valence-corrected chi connectivity index (χ1v) is 13.6. The van der Waals surface area contributed by atoms with Gasteiger partial charge in [-0.15, -0.1) is 0 Å². The molecule has 0 spiro atoms. The Hall–Kier alpha value is -1.36. The van der Waals surface area contributed by atoms with Gasteiger partial charge in [0.15, 0.2) is 0 Å². The van der Waals surface area contributed by atoms with Crippen LogP contribution in [0.15, 0.2) is 36.4 Å². The molecule has 0 aliphatic rings. The molecule has 0 aliphatic heterocycles. The second-order valence-corrected chi connectivity index (χ2v) is 12.5. The van der Waals surface area contributed by atoms with Gasteiger partial charge in [0.1, 0.15) is 0 Å². The number of hydrogen-bond acceptors (Lipinski definition) is 0. The van der Waals surface area contributed by atoms with Crippen molar-refractivity contribution in [1.29, 1.82) is 0 Å². The monoisotopic (exact) mass is 580 g/mol. The molecule has 0 N–H and O–H groups in total. The summed E-state index contributed by atoms with van der Waals surface area (Å²) in [6.45, 7) is 0. The standard InChI is InChI=1S/C16H6AsBrF12/c18-17(11-5-4-7(13(19,20)21)6-10(11)16(28,29)30)12-8(14(22,23)24)2-1-3-9(12)15(25,26)27/h1-6H. The number of hydrogen-bond donors (Lipinski definition) is 0. The normalized spacial score (nSPS) is 14.7. The van der Waals surface area contributed by atoms with Gasteiger partial charge in [-0.25, -0.2) is 0 Å². The summed E-state index contributed by atoms with van der Waals surface area (Å²) < 4.78 is 156. The van der Waals surface area contributed by atoms with E-state index in [0.29, 0.717) is 6.07 Å². The summed E-state index contributed by atoms with van der Waals surface area (Å²) in [6, 6.07) is 1.09. The zero-order chi connectivity index (χ0) is 23.3. The van der Waals surface area contributed by atoms with E-state index in [1.807, 2.05) is 0 Å². The number of rotatable bonds is 2. The van der Waals surface area contributed by atoms with Crippen molar-refractivity contribution in [2.24, 2.45) is 0 Å². The van der Waals surface area contributed by atoms with Crippen molar-refractivity contribution in [2.45, 2.75) is 24.7 Å². The Morgan fingerprint density at radius 1 is 0.567 bits per heavy atom. The molecule has 0 amide bonds. The first-order valence-electron chi connectivity index (χ1n) is 7.37. The van der Waals surface area contributed by atoms with E-state index in [0.717, 1.165) is 0 Å². The zero-order valence-corrected chi connectivity index (χ0v) is 17.3. The molecular formula is C16H6AsBrF12. The minimum absolute atomic E-state index is 0.178. The maximum atomic E-state index is 13.4. The van der Waals surface area contributed by atoms with Crippen LogP contribution in [-0.4, -0.2) is 12.8 Å². The van der Waals surface area contributed by atoms with Crippen molar-refractivity contribution in [1.82, 2.24) is 0 Å². The molecular weight excluding hydrogens is 575 g/mol. The van der Waals surface area contributed by atoms with Gasteiger partial charge in [0.2, 0.25) is 0 Å². The van der Waals surface area contributed by atoms with E-state index < -0.39 is 68.4 Å². The molecule has 0 heterocycles. The van der Waals surface area contributed by atoms with Gasteiger partial charge in [-0.2, -0.15) is 0 Å². The van der Waals surface area contributed by atoms with Crippen LogP contribution in [0, 0.1) is 0 Å². The van der Waals surface area contributed by atoms with Crippen molar-refractivity contribution in [2.75, 3.05) is 0 Å². The van der Waals surface area contributed by atoms with Crippen LogP contribution in [0.25, 0.3) is 0 Å². The van der Waals surface area contributed by atoms with Crippen molar-refractivity contribution in [3.8, 4) is 0 Å². The summed E-state index contributed by atoms with van der Waals surface area (Å²) in [4.78, 5) is 0. The van der Waals surface area contributed by atoms with E-state index in [-0.39, 0.29) is 30.3 Å². The van der Waals surface area contributed by atoms with Gasteiger partial charge >= 0.3 is 171 Å². The van der Waals surface area contributed by atoms with Crippen LogP contribution in [0.4, 0.5) is 52.7 Å². The van der Waals surface area contributed by atoms with E-state index in [4.69, 9.17) is 0 Å².